The zero-order chi connectivity index (χ0) is 15.0. The molecule has 0 saturated heterocycles. The molecule has 0 aliphatic carbocycles. The van der Waals surface area contributed by atoms with Crippen molar-refractivity contribution in [3.8, 4) is 17.1 Å². The highest BCUT2D eigenvalue weighted by atomic mass is 35.5. The summed E-state index contributed by atoms with van der Waals surface area (Å²) in [4.78, 5) is 16.5. The molecule has 0 saturated carbocycles. The molecule has 0 radical (unpaired) electrons. The molecular weight excluding hydrogens is 315 g/mol. The minimum Gasteiger partial charge on any atom is -0.492 e. The van der Waals surface area contributed by atoms with E-state index in [4.69, 9.17) is 11.6 Å². The molecule has 0 fully saturated rings. The van der Waals surface area contributed by atoms with Crippen molar-refractivity contribution in [2.45, 2.75) is 5.16 Å². The summed E-state index contributed by atoms with van der Waals surface area (Å²) in [5.74, 6) is -0.753. The highest BCUT2D eigenvalue weighted by Gasteiger charge is 2.12. The molecule has 1 N–H and O–H groups in total. The lowest BCUT2D eigenvalue weighted by Crippen LogP contribution is -1.95. The number of hydrogen-bond donors (Lipinski definition) is 1. The largest absolute Gasteiger partial charge is 0.492 e. The molecule has 8 heteroatoms. The van der Waals surface area contributed by atoms with Crippen molar-refractivity contribution in [2.75, 3.05) is 6.26 Å². The Morgan fingerprint density at radius 1 is 1.24 bits per heavy atom. The maximum Gasteiger partial charge on any atom is 0.243 e. The van der Waals surface area contributed by atoms with Crippen LogP contribution in [0.25, 0.3) is 22.4 Å². The Hall–Kier alpha value is -1.99. The standard InChI is InChI=1S/C13H8ClFN4OS/c1-21-13-18-11-10(12(20)19-13)17-9(5-16-11)6-2-3-8(15)7(14)4-6/h2-5H,1H3,(H,16,18,19,20). The van der Waals surface area contributed by atoms with Crippen LogP contribution in [0.2, 0.25) is 5.02 Å². The van der Waals surface area contributed by atoms with Crippen LogP contribution in [0.4, 0.5) is 4.39 Å². The van der Waals surface area contributed by atoms with Crippen LogP contribution in [-0.4, -0.2) is 31.3 Å². The molecule has 2 heterocycles. The van der Waals surface area contributed by atoms with Gasteiger partial charge in [0.1, 0.15) is 5.82 Å². The van der Waals surface area contributed by atoms with Gasteiger partial charge < -0.3 is 5.11 Å². The van der Waals surface area contributed by atoms with Gasteiger partial charge in [0.05, 0.1) is 16.9 Å². The normalized spacial score (nSPS) is 11.0. The predicted molar refractivity (Wildman–Crippen MR) is 79.0 cm³/mol. The topological polar surface area (TPSA) is 71.8 Å². The average Bonchev–Trinajstić information content (AvgIpc) is 2.49. The number of thioether (sulfide) groups is 1. The fraction of sp³-hybridized carbons (Fsp3) is 0.0769. The molecule has 106 valence electrons. The maximum absolute atomic E-state index is 13.2. The van der Waals surface area contributed by atoms with Crippen molar-refractivity contribution in [3.63, 3.8) is 0 Å². The van der Waals surface area contributed by atoms with E-state index in [9.17, 15) is 9.50 Å². The molecule has 0 aliphatic heterocycles. The molecule has 0 spiro atoms. The lowest BCUT2D eigenvalue weighted by atomic mass is 10.1. The van der Waals surface area contributed by atoms with Gasteiger partial charge in [0.15, 0.2) is 16.3 Å². The van der Waals surface area contributed by atoms with Gasteiger partial charge in [-0.15, -0.1) is 0 Å². The fourth-order valence-corrected chi connectivity index (χ4v) is 2.30. The Balaban J connectivity index is 2.16. The van der Waals surface area contributed by atoms with E-state index in [0.29, 0.717) is 22.1 Å². The van der Waals surface area contributed by atoms with Gasteiger partial charge in [0, 0.05) is 5.56 Å². The molecule has 2 aromatic heterocycles. The van der Waals surface area contributed by atoms with E-state index >= 15 is 0 Å². The lowest BCUT2D eigenvalue weighted by Gasteiger charge is -2.05. The van der Waals surface area contributed by atoms with Gasteiger partial charge in [-0.05, 0) is 24.5 Å². The summed E-state index contributed by atoms with van der Waals surface area (Å²) in [5.41, 5.74) is 1.51. The zero-order valence-corrected chi connectivity index (χ0v) is 12.3. The van der Waals surface area contributed by atoms with Gasteiger partial charge in [-0.3, -0.25) is 0 Å². The van der Waals surface area contributed by atoms with E-state index in [2.05, 4.69) is 19.9 Å². The SMILES string of the molecule is CSc1nc(O)c2nc(-c3ccc(F)c(Cl)c3)cnc2n1. The number of aromatic hydroxyl groups is 1. The lowest BCUT2D eigenvalue weighted by molar-refractivity contribution is 0.452. The van der Waals surface area contributed by atoms with E-state index in [0.717, 1.165) is 0 Å². The number of aromatic nitrogens is 4. The number of hydrogen-bond acceptors (Lipinski definition) is 6. The molecule has 0 amide bonds. The summed E-state index contributed by atoms with van der Waals surface area (Å²) in [5, 5.41) is 10.3. The van der Waals surface area contributed by atoms with E-state index < -0.39 is 5.82 Å². The van der Waals surface area contributed by atoms with Crippen LogP contribution in [0, 0.1) is 5.82 Å². The number of rotatable bonds is 2. The molecule has 0 unspecified atom stereocenters. The second-order valence-corrected chi connectivity index (χ2v) is 5.27. The molecular formula is C13H8ClFN4OS. The van der Waals surface area contributed by atoms with Gasteiger partial charge in [-0.2, -0.15) is 4.98 Å². The maximum atomic E-state index is 13.2. The van der Waals surface area contributed by atoms with E-state index in [1.54, 1.807) is 6.26 Å². The number of benzene rings is 1. The Labute approximate surface area is 128 Å². The van der Waals surface area contributed by atoms with Crippen LogP contribution >= 0.6 is 23.4 Å². The summed E-state index contributed by atoms with van der Waals surface area (Å²) in [6.45, 7) is 0. The van der Waals surface area contributed by atoms with Gasteiger partial charge in [0.25, 0.3) is 0 Å². The average molecular weight is 323 g/mol. The van der Waals surface area contributed by atoms with E-state index in [-0.39, 0.29) is 16.4 Å². The minimum absolute atomic E-state index is 0.00685. The highest BCUT2D eigenvalue weighted by Crippen LogP contribution is 2.27. The second-order valence-electron chi connectivity index (χ2n) is 4.09. The molecule has 21 heavy (non-hydrogen) atoms. The van der Waals surface area contributed by atoms with Crippen LogP contribution in [0.1, 0.15) is 0 Å². The van der Waals surface area contributed by atoms with Crippen LogP contribution < -0.4 is 0 Å². The third-order valence-electron chi connectivity index (χ3n) is 2.77. The van der Waals surface area contributed by atoms with Crippen molar-refractivity contribution in [1.82, 2.24) is 19.9 Å². The Morgan fingerprint density at radius 3 is 2.76 bits per heavy atom. The van der Waals surface area contributed by atoms with Gasteiger partial charge >= 0.3 is 0 Å². The molecule has 0 bridgehead atoms. The Bertz CT molecular complexity index is 846. The van der Waals surface area contributed by atoms with Crippen LogP contribution in [-0.2, 0) is 0 Å². The first kappa shape index (κ1) is 14.0. The molecule has 1 aromatic carbocycles. The number of nitrogens with zero attached hydrogens (tertiary/aromatic N) is 4. The van der Waals surface area contributed by atoms with Gasteiger partial charge in [0.2, 0.25) is 5.88 Å². The van der Waals surface area contributed by atoms with Crippen molar-refractivity contribution in [3.05, 3.63) is 35.2 Å². The Morgan fingerprint density at radius 2 is 2.05 bits per heavy atom. The van der Waals surface area contributed by atoms with Crippen molar-refractivity contribution < 1.29 is 9.50 Å². The molecule has 0 aliphatic rings. The van der Waals surface area contributed by atoms with Crippen LogP contribution in [0.3, 0.4) is 0 Å². The van der Waals surface area contributed by atoms with Gasteiger partial charge in [-0.25, -0.2) is 19.3 Å². The summed E-state index contributed by atoms with van der Waals surface area (Å²) in [6.07, 6.45) is 3.28. The smallest absolute Gasteiger partial charge is 0.243 e. The minimum atomic E-state index is -0.509. The number of fused-ring (bicyclic) bond motifs is 1. The van der Waals surface area contributed by atoms with Crippen molar-refractivity contribution >= 4 is 34.5 Å². The zero-order valence-electron chi connectivity index (χ0n) is 10.7. The monoisotopic (exact) mass is 322 g/mol. The first-order valence-corrected chi connectivity index (χ1v) is 7.42. The first-order valence-electron chi connectivity index (χ1n) is 5.81. The van der Waals surface area contributed by atoms with E-state index in [1.807, 2.05) is 0 Å². The highest BCUT2D eigenvalue weighted by molar-refractivity contribution is 7.98. The fourth-order valence-electron chi connectivity index (χ4n) is 1.76. The molecule has 3 rings (SSSR count). The first-order chi connectivity index (χ1) is 10.1. The summed E-state index contributed by atoms with van der Waals surface area (Å²) in [6, 6.07) is 4.23. The molecule has 5 nitrogen and oxygen atoms in total. The number of halogens is 2. The van der Waals surface area contributed by atoms with E-state index in [1.165, 1.54) is 36.2 Å². The van der Waals surface area contributed by atoms with Gasteiger partial charge in [-0.1, -0.05) is 23.4 Å². The van der Waals surface area contributed by atoms with Crippen molar-refractivity contribution in [2.24, 2.45) is 0 Å². The summed E-state index contributed by atoms with van der Waals surface area (Å²) >= 11 is 7.05. The molecule has 3 aromatic rings. The van der Waals surface area contributed by atoms with Crippen LogP contribution in [0.5, 0.6) is 5.88 Å². The quantitative estimate of drug-likeness (QED) is 0.576. The summed E-state index contributed by atoms with van der Waals surface area (Å²) < 4.78 is 13.2. The predicted octanol–water partition coefficient (Wildman–Crippen LogP) is 3.31. The van der Waals surface area contributed by atoms with Crippen LogP contribution in [0.15, 0.2) is 29.6 Å². The third-order valence-corrected chi connectivity index (χ3v) is 3.60. The third kappa shape index (κ3) is 2.62. The van der Waals surface area contributed by atoms with Crippen molar-refractivity contribution in [1.29, 1.82) is 0 Å². The summed E-state index contributed by atoms with van der Waals surface area (Å²) in [7, 11) is 0. The Kier molecular flexibility index (Phi) is 3.60. The second kappa shape index (κ2) is 5.42. The molecule has 0 atom stereocenters.